The molecule has 3 atom stereocenters. The van der Waals surface area contributed by atoms with Crippen LogP contribution < -0.4 is 10.6 Å². The zero-order chi connectivity index (χ0) is 26.6. The lowest BCUT2D eigenvalue weighted by atomic mass is 9.96. The summed E-state index contributed by atoms with van der Waals surface area (Å²) in [6.45, 7) is 0.969. The molecule has 0 aromatic heterocycles. The number of benzene rings is 3. The van der Waals surface area contributed by atoms with Crippen molar-refractivity contribution < 1.29 is 23.9 Å². The Hall–Kier alpha value is -3.97. The van der Waals surface area contributed by atoms with Gasteiger partial charge in [-0.15, -0.1) is 0 Å². The molecule has 0 spiro atoms. The normalized spacial score (nSPS) is 17.4. The second-order valence-electron chi connectivity index (χ2n) is 9.59. The van der Waals surface area contributed by atoms with Crippen LogP contribution >= 0.6 is 0 Å². The quantitative estimate of drug-likeness (QED) is 0.356. The van der Waals surface area contributed by atoms with E-state index in [2.05, 4.69) is 22.8 Å². The van der Waals surface area contributed by atoms with Crippen LogP contribution in [0, 0.1) is 5.92 Å². The van der Waals surface area contributed by atoms with Gasteiger partial charge in [0, 0.05) is 6.42 Å². The Labute approximate surface area is 223 Å². The SMILES string of the molecule is O=C(CC[C@H](NC(=O)[C@@H]1CC(Cc2ccccc2)CN1)C(=O)OCc1ccccc1)OCc1ccccc1. The highest BCUT2D eigenvalue weighted by Crippen LogP contribution is 2.20. The van der Waals surface area contributed by atoms with Crippen molar-refractivity contribution >= 4 is 17.8 Å². The van der Waals surface area contributed by atoms with Crippen molar-refractivity contribution in [3.8, 4) is 0 Å². The minimum absolute atomic E-state index is 0.0209. The van der Waals surface area contributed by atoms with Gasteiger partial charge in [-0.05, 0) is 48.4 Å². The third kappa shape index (κ3) is 8.56. The molecular weight excluding hydrogens is 480 g/mol. The Morgan fingerprint density at radius 2 is 1.34 bits per heavy atom. The number of carbonyl (C=O) groups excluding carboxylic acids is 3. The van der Waals surface area contributed by atoms with Crippen molar-refractivity contribution in [1.82, 2.24) is 10.6 Å². The van der Waals surface area contributed by atoms with Crippen LogP contribution in [0.2, 0.25) is 0 Å². The molecule has 1 unspecified atom stereocenters. The van der Waals surface area contributed by atoms with Gasteiger partial charge < -0.3 is 20.1 Å². The van der Waals surface area contributed by atoms with E-state index in [0.717, 1.165) is 24.1 Å². The number of hydrogen-bond acceptors (Lipinski definition) is 6. The van der Waals surface area contributed by atoms with E-state index < -0.39 is 24.0 Å². The molecule has 1 amide bonds. The van der Waals surface area contributed by atoms with E-state index in [1.54, 1.807) is 0 Å². The number of esters is 2. The first-order valence-corrected chi connectivity index (χ1v) is 13.0. The van der Waals surface area contributed by atoms with Gasteiger partial charge in [-0.2, -0.15) is 0 Å². The summed E-state index contributed by atoms with van der Waals surface area (Å²) < 4.78 is 10.8. The fourth-order valence-electron chi connectivity index (χ4n) is 4.53. The smallest absolute Gasteiger partial charge is 0.328 e. The monoisotopic (exact) mass is 514 g/mol. The number of hydrogen-bond donors (Lipinski definition) is 2. The molecule has 0 bridgehead atoms. The highest BCUT2D eigenvalue weighted by atomic mass is 16.5. The number of ether oxygens (including phenoxy) is 2. The van der Waals surface area contributed by atoms with Crippen molar-refractivity contribution in [2.24, 2.45) is 5.92 Å². The first kappa shape index (κ1) is 27.1. The largest absolute Gasteiger partial charge is 0.461 e. The van der Waals surface area contributed by atoms with E-state index in [1.165, 1.54) is 5.56 Å². The van der Waals surface area contributed by atoms with Crippen LogP contribution in [0.3, 0.4) is 0 Å². The molecule has 0 radical (unpaired) electrons. The van der Waals surface area contributed by atoms with Gasteiger partial charge in [0.2, 0.25) is 5.91 Å². The van der Waals surface area contributed by atoms with Crippen LogP contribution in [-0.2, 0) is 43.5 Å². The maximum absolute atomic E-state index is 13.1. The van der Waals surface area contributed by atoms with Gasteiger partial charge in [-0.3, -0.25) is 9.59 Å². The Kier molecular flexibility index (Phi) is 10.0. The van der Waals surface area contributed by atoms with Crippen LogP contribution in [0.25, 0.3) is 0 Å². The van der Waals surface area contributed by atoms with Crippen molar-refractivity contribution in [1.29, 1.82) is 0 Å². The average molecular weight is 515 g/mol. The molecule has 1 aliphatic heterocycles. The van der Waals surface area contributed by atoms with E-state index in [9.17, 15) is 14.4 Å². The molecule has 1 aliphatic rings. The first-order chi connectivity index (χ1) is 18.6. The van der Waals surface area contributed by atoms with Gasteiger partial charge in [-0.25, -0.2) is 4.79 Å². The highest BCUT2D eigenvalue weighted by Gasteiger charge is 2.32. The molecule has 1 fully saturated rings. The molecule has 1 saturated heterocycles. The molecule has 198 valence electrons. The second kappa shape index (κ2) is 14.1. The molecule has 0 aliphatic carbocycles. The molecule has 0 saturated carbocycles. The van der Waals surface area contributed by atoms with E-state index in [1.807, 2.05) is 78.9 Å². The average Bonchev–Trinajstić information content (AvgIpc) is 3.43. The Morgan fingerprint density at radius 1 is 0.789 bits per heavy atom. The summed E-state index contributed by atoms with van der Waals surface area (Å²) in [4.78, 5) is 38.4. The van der Waals surface area contributed by atoms with Crippen molar-refractivity contribution in [2.45, 2.75) is 51.0 Å². The van der Waals surface area contributed by atoms with Gasteiger partial charge in [0.25, 0.3) is 0 Å². The summed E-state index contributed by atoms with van der Waals surface area (Å²) in [6, 6.07) is 27.5. The summed E-state index contributed by atoms with van der Waals surface area (Å²) >= 11 is 0. The molecule has 3 aromatic rings. The summed E-state index contributed by atoms with van der Waals surface area (Å²) in [7, 11) is 0. The Bertz CT molecular complexity index is 1170. The minimum Gasteiger partial charge on any atom is -0.461 e. The van der Waals surface area contributed by atoms with Crippen molar-refractivity contribution in [3.05, 3.63) is 108 Å². The van der Waals surface area contributed by atoms with Crippen molar-refractivity contribution in [2.75, 3.05) is 6.54 Å². The molecular formula is C31H34N2O5. The number of carbonyl (C=O) groups is 3. The molecule has 2 N–H and O–H groups in total. The molecule has 7 nitrogen and oxygen atoms in total. The van der Waals surface area contributed by atoms with Crippen LogP contribution in [0.5, 0.6) is 0 Å². The number of rotatable bonds is 12. The molecule has 38 heavy (non-hydrogen) atoms. The maximum Gasteiger partial charge on any atom is 0.328 e. The zero-order valence-electron chi connectivity index (χ0n) is 21.4. The topological polar surface area (TPSA) is 93.7 Å². The van der Waals surface area contributed by atoms with Gasteiger partial charge in [0.1, 0.15) is 19.3 Å². The lowest BCUT2D eigenvalue weighted by Gasteiger charge is -2.20. The van der Waals surface area contributed by atoms with E-state index in [0.29, 0.717) is 12.3 Å². The van der Waals surface area contributed by atoms with E-state index >= 15 is 0 Å². The third-order valence-electron chi connectivity index (χ3n) is 6.61. The molecule has 7 heteroatoms. The molecule has 4 rings (SSSR count). The summed E-state index contributed by atoms with van der Waals surface area (Å²) in [6.07, 6.45) is 1.62. The van der Waals surface area contributed by atoms with Gasteiger partial charge in [-0.1, -0.05) is 91.0 Å². The highest BCUT2D eigenvalue weighted by molar-refractivity contribution is 5.88. The van der Waals surface area contributed by atoms with Crippen LogP contribution in [-0.4, -0.2) is 36.5 Å². The lowest BCUT2D eigenvalue weighted by Crippen LogP contribution is -2.48. The second-order valence-corrected chi connectivity index (χ2v) is 9.59. The summed E-state index contributed by atoms with van der Waals surface area (Å²) in [5.41, 5.74) is 2.96. The van der Waals surface area contributed by atoms with E-state index in [4.69, 9.17) is 9.47 Å². The van der Waals surface area contributed by atoms with Crippen LogP contribution in [0.4, 0.5) is 0 Å². The predicted molar refractivity (Wildman–Crippen MR) is 144 cm³/mol. The van der Waals surface area contributed by atoms with Gasteiger partial charge in [0.05, 0.1) is 6.04 Å². The third-order valence-corrected chi connectivity index (χ3v) is 6.61. The molecule has 3 aromatic carbocycles. The van der Waals surface area contributed by atoms with Crippen LogP contribution in [0.15, 0.2) is 91.0 Å². The number of nitrogens with one attached hydrogen (secondary N) is 2. The fraction of sp³-hybridized carbons (Fsp3) is 0.323. The zero-order valence-corrected chi connectivity index (χ0v) is 21.4. The maximum atomic E-state index is 13.1. The minimum atomic E-state index is -0.953. The van der Waals surface area contributed by atoms with E-state index in [-0.39, 0.29) is 32.0 Å². The standard InChI is InChI=1S/C31H34N2O5/c34-29(37-21-24-12-6-2-7-13-24)17-16-27(31(36)38-22-25-14-8-3-9-15-25)33-30(35)28-19-26(20-32-28)18-23-10-4-1-5-11-23/h1-15,26-28,32H,16-22H2,(H,33,35)/t26?,27-,28-/m0/s1. The summed E-state index contributed by atoms with van der Waals surface area (Å²) in [5, 5.41) is 6.10. The number of amides is 1. The summed E-state index contributed by atoms with van der Waals surface area (Å²) in [5.74, 6) is -0.952. The lowest BCUT2D eigenvalue weighted by molar-refractivity contribution is -0.150. The fourth-order valence-corrected chi connectivity index (χ4v) is 4.53. The Balaban J connectivity index is 1.31. The first-order valence-electron chi connectivity index (χ1n) is 13.0. The van der Waals surface area contributed by atoms with Gasteiger partial charge >= 0.3 is 11.9 Å². The Morgan fingerprint density at radius 3 is 1.95 bits per heavy atom. The van der Waals surface area contributed by atoms with Gasteiger partial charge in [0.15, 0.2) is 0 Å². The van der Waals surface area contributed by atoms with Crippen LogP contribution in [0.1, 0.15) is 36.0 Å². The predicted octanol–water partition coefficient (Wildman–Crippen LogP) is 3.96. The van der Waals surface area contributed by atoms with Crippen molar-refractivity contribution in [3.63, 3.8) is 0 Å². The molecule has 1 heterocycles.